The van der Waals surface area contributed by atoms with Gasteiger partial charge in [-0.1, -0.05) is 27.2 Å². The van der Waals surface area contributed by atoms with Crippen LogP contribution in [0.4, 0.5) is 0 Å². The molecule has 0 saturated carbocycles. The summed E-state index contributed by atoms with van der Waals surface area (Å²) in [5, 5.41) is 12.9. The highest BCUT2D eigenvalue weighted by molar-refractivity contribution is 4.87. The lowest BCUT2D eigenvalue weighted by Gasteiger charge is -2.43. The third-order valence-corrected chi connectivity index (χ3v) is 5.18. The van der Waals surface area contributed by atoms with Crippen LogP contribution in [0.2, 0.25) is 0 Å². The molecular formula is C17H36N2O. The van der Waals surface area contributed by atoms with Crippen molar-refractivity contribution in [2.45, 2.75) is 71.8 Å². The first-order chi connectivity index (χ1) is 9.71. The quantitative estimate of drug-likeness (QED) is 0.605. The summed E-state index contributed by atoms with van der Waals surface area (Å²) >= 11 is 0. The summed E-state index contributed by atoms with van der Waals surface area (Å²) in [4.78, 5) is 2.67. The first kappa shape index (κ1) is 17.9. The van der Waals surface area contributed by atoms with Crippen LogP contribution in [0.3, 0.4) is 0 Å². The van der Waals surface area contributed by atoms with Crippen molar-refractivity contribution in [3.05, 3.63) is 0 Å². The zero-order valence-corrected chi connectivity index (χ0v) is 14.0. The van der Waals surface area contributed by atoms with E-state index in [9.17, 15) is 5.11 Å². The standard InChI is InChI=1S/C17H36N2O/c1-4-11-18-14-17(5-2,6-3)15-19-12-8-7-9-16(19)10-13-20/h16,18,20H,4-15H2,1-3H3. The molecule has 1 saturated heterocycles. The van der Waals surface area contributed by atoms with E-state index >= 15 is 0 Å². The first-order valence-corrected chi connectivity index (χ1v) is 8.77. The van der Waals surface area contributed by atoms with Crippen LogP contribution >= 0.6 is 0 Å². The molecule has 0 radical (unpaired) electrons. The molecule has 1 aliphatic heterocycles. The Morgan fingerprint density at radius 3 is 2.55 bits per heavy atom. The molecule has 0 aromatic rings. The molecule has 1 unspecified atom stereocenters. The van der Waals surface area contributed by atoms with Crippen molar-refractivity contribution in [3.63, 3.8) is 0 Å². The van der Waals surface area contributed by atoms with E-state index in [1.165, 1.54) is 51.6 Å². The minimum absolute atomic E-state index is 0.334. The molecule has 0 aromatic carbocycles. The van der Waals surface area contributed by atoms with E-state index < -0.39 is 0 Å². The van der Waals surface area contributed by atoms with Crippen molar-refractivity contribution in [3.8, 4) is 0 Å². The summed E-state index contributed by atoms with van der Waals surface area (Å²) in [6.45, 7) is 11.9. The van der Waals surface area contributed by atoms with E-state index in [1.54, 1.807) is 0 Å². The highest BCUT2D eigenvalue weighted by Gasteiger charge is 2.32. The van der Waals surface area contributed by atoms with Gasteiger partial charge < -0.3 is 10.4 Å². The van der Waals surface area contributed by atoms with E-state index in [2.05, 4.69) is 31.0 Å². The van der Waals surface area contributed by atoms with E-state index in [0.717, 1.165) is 19.5 Å². The number of nitrogens with one attached hydrogen (secondary N) is 1. The van der Waals surface area contributed by atoms with Crippen LogP contribution in [0.15, 0.2) is 0 Å². The van der Waals surface area contributed by atoms with Crippen LogP contribution in [0.25, 0.3) is 0 Å². The van der Waals surface area contributed by atoms with Gasteiger partial charge in [0.1, 0.15) is 0 Å². The van der Waals surface area contributed by atoms with Gasteiger partial charge in [0.05, 0.1) is 0 Å². The molecule has 0 aliphatic carbocycles. The molecule has 3 nitrogen and oxygen atoms in total. The second-order valence-electron chi connectivity index (χ2n) is 6.52. The summed E-state index contributed by atoms with van der Waals surface area (Å²) in [5.74, 6) is 0. The molecule has 20 heavy (non-hydrogen) atoms. The number of aliphatic hydroxyl groups is 1. The highest BCUT2D eigenvalue weighted by atomic mass is 16.3. The Kier molecular flexibility index (Phi) is 8.74. The normalized spacial score (nSPS) is 21.3. The summed E-state index contributed by atoms with van der Waals surface area (Å²) in [7, 11) is 0. The Morgan fingerprint density at radius 2 is 1.95 bits per heavy atom. The average Bonchev–Trinajstić information content (AvgIpc) is 2.48. The summed E-state index contributed by atoms with van der Waals surface area (Å²) in [5.41, 5.74) is 0.403. The van der Waals surface area contributed by atoms with E-state index in [0.29, 0.717) is 18.1 Å². The van der Waals surface area contributed by atoms with E-state index in [1.807, 2.05) is 0 Å². The molecule has 0 spiro atoms. The van der Waals surface area contributed by atoms with Crippen LogP contribution in [-0.2, 0) is 0 Å². The molecule has 0 bridgehead atoms. The zero-order valence-electron chi connectivity index (χ0n) is 14.0. The summed E-state index contributed by atoms with van der Waals surface area (Å²) in [6.07, 6.45) is 8.57. The van der Waals surface area contributed by atoms with Gasteiger partial charge in [0, 0.05) is 25.7 Å². The molecule has 120 valence electrons. The number of aliphatic hydroxyl groups excluding tert-OH is 1. The third kappa shape index (κ3) is 5.34. The van der Waals surface area contributed by atoms with Gasteiger partial charge in [-0.2, -0.15) is 0 Å². The van der Waals surface area contributed by atoms with Gasteiger partial charge in [0.25, 0.3) is 0 Å². The fraction of sp³-hybridized carbons (Fsp3) is 1.00. The number of rotatable bonds is 10. The molecular weight excluding hydrogens is 248 g/mol. The topological polar surface area (TPSA) is 35.5 Å². The second kappa shape index (κ2) is 9.75. The Labute approximate surface area is 126 Å². The predicted octanol–water partition coefficient (Wildman–Crippen LogP) is 3.03. The summed E-state index contributed by atoms with van der Waals surface area (Å²) in [6, 6.07) is 0.609. The number of likely N-dealkylation sites (tertiary alicyclic amines) is 1. The van der Waals surface area contributed by atoms with Gasteiger partial charge >= 0.3 is 0 Å². The van der Waals surface area contributed by atoms with Crippen molar-refractivity contribution in [1.29, 1.82) is 0 Å². The fourth-order valence-corrected chi connectivity index (χ4v) is 3.48. The predicted molar refractivity (Wildman–Crippen MR) is 87.1 cm³/mol. The van der Waals surface area contributed by atoms with E-state index in [4.69, 9.17) is 0 Å². The van der Waals surface area contributed by atoms with Gasteiger partial charge in [0.2, 0.25) is 0 Å². The second-order valence-corrected chi connectivity index (χ2v) is 6.52. The lowest BCUT2D eigenvalue weighted by molar-refractivity contribution is 0.0602. The van der Waals surface area contributed by atoms with Crippen molar-refractivity contribution >= 4 is 0 Å². The molecule has 0 aromatic heterocycles. The Morgan fingerprint density at radius 1 is 1.20 bits per heavy atom. The van der Waals surface area contributed by atoms with Crippen LogP contribution in [0.5, 0.6) is 0 Å². The molecule has 0 amide bonds. The van der Waals surface area contributed by atoms with Crippen LogP contribution in [0, 0.1) is 5.41 Å². The maximum absolute atomic E-state index is 9.28. The maximum atomic E-state index is 9.28. The van der Waals surface area contributed by atoms with Crippen LogP contribution < -0.4 is 5.32 Å². The lowest BCUT2D eigenvalue weighted by atomic mass is 9.80. The van der Waals surface area contributed by atoms with Crippen LogP contribution in [0.1, 0.15) is 65.7 Å². The Bertz CT molecular complexity index is 239. The Hall–Kier alpha value is -0.120. The fourth-order valence-electron chi connectivity index (χ4n) is 3.48. The first-order valence-electron chi connectivity index (χ1n) is 8.77. The largest absolute Gasteiger partial charge is 0.396 e. The molecule has 1 fully saturated rings. The number of hydrogen-bond donors (Lipinski definition) is 2. The molecule has 1 heterocycles. The minimum atomic E-state index is 0.334. The molecule has 1 aliphatic rings. The van der Waals surface area contributed by atoms with Crippen molar-refractivity contribution in [2.75, 3.05) is 32.8 Å². The van der Waals surface area contributed by atoms with Gasteiger partial charge in [-0.05, 0) is 57.0 Å². The molecule has 1 atom stereocenters. The Balaban J connectivity index is 2.61. The van der Waals surface area contributed by atoms with Crippen molar-refractivity contribution in [1.82, 2.24) is 10.2 Å². The third-order valence-electron chi connectivity index (χ3n) is 5.18. The van der Waals surface area contributed by atoms with Gasteiger partial charge in [-0.15, -0.1) is 0 Å². The smallest absolute Gasteiger partial charge is 0.0445 e. The van der Waals surface area contributed by atoms with Crippen molar-refractivity contribution in [2.24, 2.45) is 5.41 Å². The molecule has 1 rings (SSSR count). The van der Waals surface area contributed by atoms with Gasteiger partial charge in [-0.25, -0.2) is 0 Å². The number of piperidine rings is 1. The zero-order chi connectivity index (χ0) is 14.8. The molecule has 3 heteroatoms. The highest BCUT2D eigenvalue weighted by Crippen LogP contribution is 2.30. The van der Waals surface area contributed by atoms with Gasteiger partial charge in [0.15, 0.2) is 0 Å². The minimum Gasteiger partial charge on any atom is -0.396 e. The maximum Gasteiger partial charge on any atom is 0.0445 e. The van der Waals surface area contributed by atoms with E-state index in [-0.39, 0.29) is 0 Å². The van der Waals surface area contributed by atoms with Gasteiger partial charge in [-0.3, -0.25) is 4.90 Å². The van der Waals surface area contributed by atoms with Crippen LogP contribution in [-0.4, -0.2) is 48.8 Å². The number of nitrogens with zero attached hydrogens (tertiary/aromatic N) is 1. The SMILES string of the molecule is CCCNCC(CC)(CC)CN1CCCCC1CCO. The monoisotopic (exact) mass is 284 g/mol. The average molecular weight is 284 g/mol. The lowest BCUT2D eigenvalue weighted by Crippen LogP contribution is -2.49. The van der Waals surface area contributed by atoms with Crippen molar-refractivity contribution < 1.29 is 5.11 Å². The molecule has 2 N–H and O–H groups in total. The summed E-state index contributed by atoms with van der Waals surface area (Å²) < 4.78 is 0. The number of hydrogen-bond acceptors (Lipinski definition) is 3.